The first-order valence-electron chi connectivity index (χ1n) is 8.16. The predicted octanol–water partition coefficient (Wildman–Crippen LogP) is 2.99. The van der Waals surface area contributed by atoms with Gasteiger partial charge in [-0.05, 0) is 37.7 Å². The summed E-state index contributed by atoms with van der Waals surface area (Å²) in [6, 6.07) is 5.93. The molecule has 3 rings (SSSR count). The third kappa shape index (κ3) is 4.93. The second-order valence-electron chi connectivity index (χ2n) is 5.82. The van der Waals surface area contributed by atoms with Crippen molar-refractivity contribution in [2.24, 2.45) is 0 Å². The third-order valence-corrected chi connectivity index (χ3v) is 4.59. The van der Waals surface area contributed by atoms with Crippen LogP contribution in [-0.2, 0) is 19.5 Å². The van der Waals surface area contributed by atoms with E-state index in [0.717, 1.165) is 17.1 Å². The molecule has 3 aromatic rings. The van der Waals surface area contributed by atoms with E-state index in [2.05, 4.69) is 42.5 Å². The summed E-state index contributed by atoms with van der Waals surface area (Å²) in [6.07, 6.45) is 0.941. The van der Waals surface area contributed by atoms with Crippen LogP contribution >= 0.6 is 11.3 Å². The Morgan fingerprint density at radius 2 is 1.88 bits per heavy atom. The fourth-order valence-corrected chi connectivity index (χ4v) is 3.12. The average Bonchev–Trinajstić information content (AvgIpc) is 3.04. The number of aromatic nitrogens is 4. The van der Waals surface area contributed by atoms with Crippen LogP contribution in [0.3, 0.4) is 0 Å². The van der Waals surface area contributed by atoms with Gasteiger partial charge in [-0.3, -0.25) is 4.90 Å². The normalized spacial score (nSPS) is 11.1. The number of nitrogens with one attached hydrogen (secondary N) is 1. The molecule has 0 fully saturated rings. The van der Waals surface area contributed by atoms with Crippen LogP contribution in [-0.4, -0.2) is 31.9 Å². The Morgan fingerprint density at radius 1 is 1.12 bits per heavy atom. The van der Waals surface area contributed by atoms with Crippen LogP contribution < -0.4 is 11.1 Å². The van der Waals surface area contributed by atoms with Crippen LogP contribution in [0.25, 0.3) is 0 Å². The molecular formula is C17H20FN7S. The maximum absolute atomic E-state index is 13.0. The first-order valence-corrected chi connectivity index (χ1v) is 9.04. The molecule has 0 radical (unpaired) electrons. The second kappa shape index (κ2) is 8.15. The topological polar surface area (TPSA) is 92.9 Å². The van der Waals surface area contributed by atoms with Gasteiger partial charge in [0.1, 0.15) is 11.6 Å². The Labute approximate surface area is 155 Å². The maximum Gasteiger partial charge on any atom is 0.232 e. The van der Waals surface area contributed by atoms with Crippen molar-refractivity contribution in [3.63, 3.8) is 0 Å². The number of thiazole rings is 1. The number of nitrogens with two attached hydrogens (primary N) is 1. The summed E-state index contributed by atoms with van der Waals surface area (Å²) in [6.45, 7) is 3.29. The number of rotatable bonds is 7. The molecule has 0 saturated carbocycles. The SMILES string of the molecule is CCc1nc(CN(C)Cc2nc(N)nc(Nc3ccc(F)cc3)n2)cs1. The van der Waals surface area contributed by atoms with Gasteiger partial charge in [0, 0.05) is 17.6 Å². The van der Waals surface area contributed by atoms with Gasteiger partial charge in [0.2, 0.25) is 11.9 Å². The minimum atomic E-state index is -0.304. The third-order valence-electron chi connectivity index (χ3n) is 3.54. The molecule has 3 N–H and O–H groups in total. The highest BCUT2D eigenvalue weighted by atomic mass is 32.1. The van der Waals surface area contributed by atoms with Crippen LogP contribution in [0.1, 0.15) is 23.4 Å². The lowest BCUT2D eigenvalue weighted by molar-refractivity contribution is 0.307. The minimum Gasteiger partial charge on any atom is -0.368 e. The maximum atomic E-state index is 13.0. The van der Waals surface area contributed by atoms with E-state index in [4.69, 9.17) is 5.73 Å². The van der Waals surface area contributed by atoms with Gasteiger partial charge in [-0.15, -0.1) is 11.3 Å². The molecule has 0 unspecified atom stereocenters. The van der Waals surface area contributed by atoms with E-state index in [1.165, 1.54) is 12.1 Å². The number of aryl methyl sites for hydroxylation is 1. The molecule has 7 nitrogen and oxygen atoms in total. The van der Waals surface area contributed by atoms with E-state index in [0.29, 0.717) is 30.5 Å². The largest absolute Gasteiger partial charge is 0.368 e. The molecule has 136 valence electrons. The lowest BCUT2D eigenvalue weighted by atomic mass is 10.3. The van der Waals surface area contributed by atoms with Gasteiger partial charge in [0.05, 0.1) is 17.2 Å². The molecule has 0 saturated heterocycles. The minimum absolute atomic E-state index is 0.134. The van der Waals surface area contributed by atoms with Crippen molar-refractivity contribution in [3.8, 4) is 0 Å². The molecule has 0 aliphatic rings. The van der Waals surface area contributed by atoms with Gasteiger partial charge in [-0.2, -0.15) is 15.0 Å². The van der Waals surface area contributed by atoms with E-state index in [-0.39, 0.29) is 11.8 Å². The number of nitrogens with zero attached hydrogens (tertiary/aromatic N) is 5. The van der Waals surface area contributed by atoms with Crippen molar-refractivity contribution in [3.05, 3.63) is 52.0 Å². The lowest BCUT2D eigenvalue weighted by Crippen LogP contribution is -2.20. The number of hydrogen-bond donors (Lipinski definition) is 2. The standard InChI is InChI=1S/C17H20FN7S/c1-3-15-20-13(10-26-15)8-25(2)9-14-22-16(19)24-17(23-14)21-12-6-4-11(18)5-7-12/h4-7,10H,3,8-9H2,1-2H3,(H3,19,21,22,23,24). The summed E-state index contributed by atoms with van der Waals surface area (Å²) in [5, 5.41) is 6.20. The zero-order valence-electron chi connectivity index (χ0n) is 14.6. The van der Waals surface area contributed by atoms with E-state index in [9.17, 15) is 4.39 Å². The van der Waals surface area contributed by atoms with E-state index in [1.54, 1.807) is 23.5 Å². The second-order valence-corrected chi connectivity index (χ2v) is 6.77. The monoisotopic (exact) mass is 373 g/mol. The molecule has 0 aliphatic heterocycles. The predicted molar refractivity (Wildman–Crippen MR) is 101 cm³/mol. The smallest absolute Gasteiger partial charge is 0.232 e. The average molecular weight is 373 g/mol. The molecule has 0 bridgehead atoms. The molecule has 26 heavy (non-hydrogen) atoms. The summed E-state index contributed by atoms with van der Waals surface area (Å²) >= 11 is 1.67. The Morgan fingerprint density at radius 3 is 2.58 bits per heavy atom. The van der Waals surface area contributed by atoms with Crippen molar-refractivity contribution in [1.29, 1.82) is 0 Å². The summed E-state index contributed by atoms with van der Waals surface area (Å²) in [5.74, 6) is 0.709. The number of nitrogen functional groups attached to an aromatic ring is 1. The van der Waals surface area contributed by atoms with Crippen molar-refractivity contribution < 1.29 is 4.39 Å². The molecular weight excluding hydrogens is 353 g/mol. The Kier molecular flexibility index (Phi) is 5.69. The summed E-state index contributed by atoms with van der Waals surface area (Å²) < 4.78 is 13.0. The summed E-state index contributed by atoms with van der Waals surface area (Å²) in [5.41, 5.74) is 7.50. The fourth-order valence-electron chi connectivity index (χ4n) is 2.38. The quantitative estimate of drug-likeness (QED) is 0.657. The molecule has 2 heterocycles. The van der Waals surface area contributed by atoms with Gasteiger partial charge >= 0.3 is 0 Å². The zero-order valence-corrected chi connectivity index (χ0v) is 15.4. The summed E-state index contributed by atoms with van der Waals surface area (Å²) in [4.78, 5) is 19.3. The zero-order chi connectivity index (χ0) is 18.5. The molecule has 0 aliphatic carbocycles. The van der Waals surface area contributed by atoms with Crippen molar-refractivity contribution in [2.75, 3.05) is 18.1 Å². The van der Waals surface area contributed by atoms with Crippen LogP contribution in [0.15, 0.2) is 29.6 Å². The lowest BCUT2D eigenvalue weighted by Gasteiger charge is -2.15. The number of halogens is 1. The van der Waals surface area contributed by atoms with Crippen molar-refractivity contribution in [1.82, 2.24) is 24.8 Å². The highest BCUT2D eigenvalue weighted by Gasteiger charge is 2.10. The number of hydrogen-bond acceptors (Lipinski definition) is 8. The van der Waals surface area contributed by atoms with Crippen LogP contribution in [0.2, 0.25) is 0 Å². The fraction of sp³-hybridized carbons (Fsp3) is 0.294. The first kappa shape index (κ1) is 18.2. The first-order chi connectivity index (χ1) is 12.5. The molecule has 9 heteroatoms. The Hall–Kier alpha value is -2.65. The Bertz CT molecular complexity index is 866. The number of benzene rings is 1. The van der Waals surface area contributed by atoms with E-state index in [1.807, 2.05) is 7.05 Å². The molecule has 0 spiro atoms. The molecule has 1 aromatic carbocycles. The Balaban J connectivity index is 1.67. The van der Waals surface area contributed by atoms with Gasteiger partial charge in [-0.1, -0.05) is 6.92 Å². The van der Waals surface area contributed by atoms with E-state index >= 15 is 0 Å². The van der Waals surface area contributed by atoms with Gasteiger partial charge in [-0.25, -0.2) is 9.37 Å². The van der Waals surface area contributed by atoms with Gasteiger partial charge in [0.15, 0.2) is 0 Å². The molecule has 0 atom stereocenters. The van der Waals surface area contributed by atoms with Crippen LogP contribution in [0.5, 0.6) is 0 Å². The molecule has 0 amide bonds. The van der Waals surface area contributed by atoms with Crippen molar-refractivity contribution >= 4 is 28.9 Å². The summed E-state index contributed by atoms with van der Waals surface area (Å²) in [7, 11) is 1.97. The highest BCUT2D eigenvalue weighted by Crippen LogP contribution is 2.16. The van der Waals surface area contributed by atoms with Gasteiger partial charge in [0.25, 0.3) is 0 Å². The van der Waals surface area contributed by atoms with Crippen molar-refractivity contribution in [2.45, 2.75) is 26.4 Å². The highest BCUT2D eigenvalue weighted by molar-refractivity contribution is 7.09. The van der Waals surface area contributed by atoms with Crippen LogP contribution in [0.4, 0.5) is 22.0 Å². The van der Waals surface area contributed by atoms with E-state index < -0.39 is 0 Å². The van der Waals surface area contributed by atoms with Crippen LogP contribution in [0, 0.1) is 5.82 Å². The molecule has 2 aromatic heterocycles. The van der Waals surface area contributed by atoms with Gasteiger partial charge < -0.3 is 11.1 Å². The number of anilines is 3.